The molecule has 2 aliphatic rings. The minimum absolute atomic E-state index is 0. The SMILES string of the molecule is Cl.O=C(CN1CCNCC1c1cccnc1)Nc1ccccc1N1CCCC1=O. The van der Waals surface area contributed by atoms with E-state index in [4.69, 9.17) is 0 Å². The molecule has 0 saturated carbocycles. The van der Waals surface area contributed by atoms with Crippen molar-refractivity contribution in [1.29, 1.82) is 0 Å². The second kappa shape index (κ2) is 9.82. The summed E-state index contributed by atoms with van der Waals surface area (Å²) in [5.41, 5.74) is 2.57. The fourth-order valence-electron chi connectivity index (χ4n) is 3.93. The van der Waals surface area contributed by atoms with Gasteiger partial charge in [-0.25, -0.2) is 0 Å². The van der Waals surface area contributed by atoms with Gasteiger partial charge in [0.05, 0.1) is 17.9 Å². The molecule has 1 aromatic heterocycles. The van der Waals surface area contributed by atoms with Gasteiger partial charge in [-0.1, -0.05) is 18.2 Å². The summed E-state index contributed by atoms with van der Waals surface area (Å²) in [4.78, 5) is 33.1. The van der Waals surface area contributed by atoms with Crippen molar-refractivity contribution < 1.29 is 9.59 Å². The molecule has 0 bridgehead atoms. The van der Waals surface area contributed by atoms with Gasteiger partial charge in [-0.3, -0.25) is 19.5 Å². The van der Waals surface area contributed by atoms with Crippen molar-refractivity contribution in [1.82, 2.24) is 15.2 Å². The van der Waals surface area contributed by atoms with E-state index in [0.29, 0.717) is 25.2 Å². The number of amides is 2. The van der Waals surface area contributed by atoms with Gasteiger partial charge in [0, 0.05) is 51.0 Å². The van der Waals surface area contributed by atoms with Gasteiger partial charge >= 0.3 is 0 Å². The van der Waals surface area contributed by atoms with Crippen molar-refractivity contribution in [2.24, 2.45) is 0 Å². The van der Waals surface area contributed by atoms with E-state index >= 15 is 0 Å². The lowest BCUT2D eigenvalue weighted by atomic mass is 10.1. The van der Waals surface area contributed by atoms with E-state index < -0.39 is 0 Å². The maximum absolute atomic E-state index is 12.8. The summed E-state index contributed by atoms with van der Waals surface area (Å²) in [5, 5.41) is 6.41. The van der Waals surface area contributed by atoms with Gasteiger partial charge in [-0.05, 0) is 30.2 Å². The standard InChI is InChI=1S/C21H25N5O2.ClH/c27-20(15-25-12-10-23-14-19(25)16-5-3-9-22-13-16)24-17-6-1-2-7-18(17)26-11-4-8-21(26)28;/h1-3,5-7,9,13,19,23H,4,8,10-12,14-15H2,(H,24,27);1H. The number of carbonyl (C=O) groups excluding carboxylic acids is 2. The molecule has 1 unspecified atom stereocenters. The number of hydrogen-bond acceptors (Lipinski definition) is 5. The molecule has 1 atom stereocenters. The Morgan fingerprint density at radius 1 is 1.21 bits per heavy atom. The van der Waals surface area contributed by atoms with Gasteiger partial charge in [0.2, 0.25) is 11.8 Å². The smallest absolute Gasteiger partial charge is 0.238 e. The molecule has 1 aromatic carbocycles. The zero-order valence-corrected chi connectivity index (χ0v) is 17.0. The summed E-state index contributed by atoms with van der Waals surface area (Å²) < 4.78 is 0. The quantitative estimate of drug-likeness (QED) is 0.782. The normalized spacial score (nSPS) is 19.7. The predicted molar refractivity (Wildman–Crippen MR) is 115 cm³/mol. The number of rotatable bonds is 5. The largest absolute Gasteiger partial charge is 0.323 e. The topological polar surface area (TPSA) is 77.6 Å². The predicted octanol–water partition coefficient (Wildman–Crippen LogP) is 2.22. The molecule has 2 saturated heterocycles. The molecule has 0 radical (unpaired) electrons. The summed E-state index contributed by atoms with van der Waals surface area (Å²) in [7, 11) is 0. The molecule has 2 fully saturated rings. The van der Waals surface area contributed by atoms with Crippen LogP contribution in [0.15, 0.2) is 48.8 Å². The summed E-state index contributed by atoms with van der Waals surface area (Å²) in [6, 6.07) is 11.6. The second-order valence-electron chi connectivity index (χ2n) is 7.19. The lowest BCUT2D eigenvalue weighted by molar-refractivity contribution is -0.118. The Morgan fingerprint density at radius 3 is 2.83 bits per heavy atom. The molecule has 2 aliphatic heterocycles. The molecule has 2 aromatic rings. The molecule has 2 N–H and O–H groups in total. The van der Waals surface area contributed by atoms with Crippen LogP contribution in [0.2, 0.25) is 0 Å². The highest BCUT2D eigenvalue weighted by atomic mass is 35.5. The molecular formula is C21H26ClN5O2. The van der Waals surface area contributed by atoms with Crippen molar-refractivity contribution >= 4 is 35.6 Å². The fourth-order valence-corrected chi connectivity index (χ4v) is 3.93. The number of nitrogens with one attached hydrogen (secondary N) is 2. The molecule has 4 rings (SSSR count). The lowest BCUT2D eigenvalue weighted by Crippen LogP contribution is -2.48. The zero-order chi connectivity index (χ0) is 19.3. The van der Waals surface area contributed by atoms with Crippen molar-refractivity contribution in [2.45, 2.75) is 18.9 Å². The van der Waals surface area contributed by atoms with Gasteiger partial charge in [0.25, 0.3) is 0 Å². The average molecular weight is 416 g/mol. The Balaban J connectivity index is 0.00000240. The van der Waals surface area contributed by atoms with Crippen LogP contribution in [-0.4, -0.2) is 54.4 Å². The van der Waals surface area contributed by atoms with Crippen molar-refractivity contribution in [3.8, 4) is 0 Å². The Kier molecular flexibility index (Phi) is 7.19. The van der Waals surface area contributed by atoms with E-state index in [1.54, 1.807) is 11.1 Å². The van der Waals surface area contributed by atoms with Crippen LogP contribution in [0.25, 0.3) is 0 Å². The maximum Gasteiger partial charge on any atom is 0.238 e. The highest BCUT2D eigenvalue weighted by molar-refractivity contribution is 6.02. The average Bonchev–Trinajstić information content (AvgIpc) is 3.15. The third kappa shape index (κ3) is 4.93. The highest BCUT2D eigenvalue weighted by Crippen LogP contribution is 2.29. The first-order chi connectivity index (χ1) is 13.7. The van der Waals surface area contributed by atoms with Gasteiger partial charge < -0.3 is 15.5 Å². The Bertz CT molecular complexity index is 848. The number of halogens is 1. The number of nitrogens with zero attached hydrogens (tertiary/aromatic N) is 3. The van der Waals surface area contributed by atoms with E-state index in [1.807, 2.05) is 42.6 Å². The molecule has 8 heteroatoms. The number of pyridine rings is 1. The van der Waals surface area contributed by atoms with Crippen LogP contribution in [0.5, 0.6) is 0 Å². The number of carbonyl (C=O) groups is 2. The molecule has 2 amide bonds. The first-order valence-electron chi connectivity index (χ1n) is 9.76. The number of benzene rings is 1. The Morgan fingerprint density at radius 2 is 2.07 bits per heavy atom. The lowest BCUT2D eigenvalue weighted by Gasteiger charge is -2.35. The van der Waals surface area contributed by atoms with E-state index in [9.17, 15) is 9.59 Å². The maximum atomic E-state index is 12.8. The summed E-state index contributed by atoms with van der Waals surface area (Å²) in [6.45, 7) is 3.43. The summed E-state index contributed by atoms with van der Waals surface area (Å²) in [5.74, 6) is 0.0373. The van der Waals surface area contributed by atoms with Crippen LogP contribution in [0.3, 0.4) is 0 Å². The monoisotopic (exact) mass is 415 g/mol. The van der Waals surface area contributed by atoms with Crippen molar-refractivity contribution in [3.05, 3.63) is 54.4 Å². The van der Waals surface area contributed by atoms with Crippen LogP contribution in [0.4, 0.5) is 11.4 Å². The van der Waals surface area contributed by atoms with Crippen LogP contribution < -0.4 is 15.5 Å². The van der Waals surface area contributed by atoms with Gasteiger partial charge in [-0.2, -0.15) is 0 Å². The molecule has 0 aliphatic carbocycles. The van der Waals surface area contributed by atoms with E-state index in [0.717, 1.165) is 37.3 Å². The number of hydrogen-bond donors (Lipinski definition) is 2. The summed E-state index contributed by atoms with van der Waals surface area (Å²) >= 11 is 0. The second-order valence-corrected chi connectivity index (χ2v) is 7.19. The third-order valence-corrected chi connectivity index (χ3v) is 5.31. The number of para-hydroxylation sites is 2. The first kappa shape index (κ1) is 21.2. The van der Waals surface area contributed by atoms with Crippen LogP contribution in [0, 0.1) is 0 Å². The molecule has 154 valence electrons. The van der Waals surface area contributed by atoms with Crippen molar-refractivity contribution in [3.63, 3.8) is 0 Å². The fraction of sp³-hybridized carbons (Fsp3) is 0.381. The number of aromatic nitrogens is 1. The highest BCUT2D eigenvalue weighted by Gasteiger charge is 2.27. The van der Waals surface area contributed by atoms with E-state index in [-0.39, 0.29) is 30.3 Å². The van der Waals surface area contributed by atoms with E-state index in [1.165, 1.54) is 0 Å². The van der Waals surface area contributed by atoms with Crippen LogP contribution >= 0.6 is 12.4 Å². The molecule has 7 nitrogen and oxygen atoms in total. The molecule has 0 spiro atoms. The number of anilines is 2. The third-order valence-electron chi connectivity index (χ3n) is 5.31. The van der Waals surface area contributed by atoms with Gasteiger partial charge in [0.1, 0.15) is 0 Å². The molecule has 3 heterocycles. The minimum Gasteiger partial charge on any atom is -0.323 e. The number of piperazine rings is 1. The molecular weight excluding hydrogens is 390 g/mol. The van der Waals surface area contributed by atoms with Crippen LogP contribution in [-0.2, 0) is 9.59 Å². The Hall–Kier alpha value is -2.48. The first-order valence-corrected chi connectivity index (χ1v) is 9.76. The summed E-state index contributed by atoms with van der Waals surface area (Å²) in [6.07, 6.45) is 5.04. The minimum atomic E-state index is -0.0742. The van der Waals surface area contributed by atoms with Gasteiger partial charge in [-0.15, -0.1) is 12.4 Å². The van der Waals surface area contributed by atoms with Crippen LogP contribution in [0.1, 0.15) is 24.4 Å². The molecule has 29 heavy (non-hydrogen) atoms. The van der Waals surface area contributed by atoms with Crippen molar-refractivity contribution in [2.75, 3.05) is 42.9 Å². The zero-order valence-electron chi connectivity index (χ0n) is 16.2. The van der Waals surface area contributed by atoms with E-state index in [2.05, 4.69) is 20.5 Å². The van der Waals surface area contributed by atoms with Gasteiger partial charge in [0.15, 0.2) is 0 Å². The Labute approximate surface area is 176 Å².